The number of nitrogens with one attached hydrogen (secondary N) is 1. The highest BCUT2D eigenvalue weighted by Gasteiger charge is 2.31. The van der Waals surface area contributed by atoms with E-state index in [1.54, 1.807) is 18.2 Å². The number of carbonyl (C=O) groups excluding carboxylic acids is 1. The zero-order chi connectivity index (χ0) is 24.2. The molecule has 1 unspecified atom stereocenters. The molecule has 1 amide bonds. The Kier molecular flexibility index (Phi) is 7.06. The topological polar surface area (TPSA) is 97.1 Å². The summed E-state index contributed by atoms with van der Waals surface area (Å²) in [4.78, 5) is 27.2. The van der Waals surface area contributed by atoms with Gasteiger partial charge < -0.3 is 19.1 Å². The van der Waals surface area contributed by atoms with E-state index in [-0.39, 0.29) is 24.4 Å². The third-order valence-electron chi connectivity index (χ3n) is 6.08. The van der Waals surface area contributed by atoms with Crippen LogP contribution in [0.5, 0.6) is 0 Å². The van der Waals surface area contributed by atoms with Crippen molar-refractivity contribution in [2.24, 2.45) is 0 Å². The van der Waals surface area contributed by atoms with Gasteiger partial charge in [-0.25, -0.2) is 9.37 Å². The highest BCUT2D eigenvalue weighted by Crippen LogP contribution is 2.30. The third-order valence-corrected chi connectivity index (χ3v) is 6.32. The molecule has 8 nitrogen and oxygen atoms in total. The monoisotopic (exact) mass is 497 g/mol. The maximum Gasteiger partial charge on any atom is 0.252 e. The quantitative estimate of drug-likeness (QED) is 0.362. The standard InChI is InChI=1S/C25H25ClFN5O3/c26-17-6-9-19-20(13-17)29-22(28-19)10-11-24(33)32-12-2-1-3-21(32)25-30-23(35-31-25)15-34-14-16-4-7-18(27)8-5-16/h4-9,13,21H,1-3,10-12,14-15H2,(H,28,29). The Morgan fingerprint density at radius 1 is 1.17 bits per heavy atom. The number of piperidine rings is 1. The Labute approximate surface area is 206 Å². The molecule has 10 heteroatoms. The number of H-pyrrole nitrogens is 1. The van der Waals surface area contributed by atoms with Crippen LogP contribution in [0.15, 0.2) is 47.0 Å². The van der Waals surface area contributed by atoms with Crippen molar-refractivity contribution in [1.29, 1.82) is 0 Å². The smallest absolute Gasteiger partial charge is 0.252 e. The number of benzene rings is 2. The number of halogens is 2. The van der Waals surface area contributed by atoms with Crippen LogP contribution in [0.1, 0.15) is 54.8 Å². The van der Waals surface area contributed by atoms with Crippen LogP contribution in [-0.2, 0) is 29.2 Å². The van der Waals surface area contributed by atoms with Gasteiger partial charge in [0, 0.05) is 24.4 Å². The van der Waals surface area contributed by atoms with Crippen molar-refractivity contribution in [2.75, 3.05) is 6.54 Å². The number of likely N-dealkylation sites (tertiary alicyclic amines) is 1. The Balaban J connectivity index is 1.18. The van der Waals surface area contributed by atoms with Gasteiger partial charge in [-0.05, 0) is 55.2 Å². The number of aryl methyl sites for hydroxylation is 1. The summed E-state index contributed by atoms with van der Waals surface area (Å²) in [5.74, 6) is 1.35. The number of amides is 1. The predicted molar refractivity (Wildman–Crippen MR) is 127 cm³/mol. The molecule has 182 valence electrons. The molecule has 4 aromatic rings. The first-order valence-corrected chi connectivity index (χ1v) is 12.0. The summed E-state index contributed by atoms with van der Waals surface area (Å²) in [6.45, 7) is 1.10. The predicted octanol–water partition coefficient (Wildman–Crippen LogP) is 5.14. The van der Waals surface area contributed by atoms with E-state index in [1.165, 1.54) is 12.1 Å². The summed E-state index contributed by atoms with van der Waals surface area (Å²) in [7, 11) is 0. The van der Waals surface area contributed by atoms with E-state index >= 15 is 0 Å². The molecule has 0 bridgehead atoms. The summed E-state index contributed by atoms with van der Waals surface area (Å²) >= 11 is 6.05. The van der Waals surface area contributed by atoms with Crippen molar-refractivity contribution in [2.45, 2.75) is 51.4 Å². The molecule has 1 N–H and O–H groups in total. The second-order valence-electron chi connectivity index (χ2n) is 8.61. The Hall–Kier alpha value is -3.30. The lowest BCUT2D eigenvalue weighted by Gasteiger charge is -2.33. The molecule has 0 aliphatic carbocycles. The van der Waals surface area contributed by atoms with Crippen molar-refractivity contribution < 1.29 is 18.4 Å². The average Bonchev–Trinajstić information content (AvgIpc) is 3.50. The summed E-state index contributed by atoms with van der Waals surface area (Å²) in [5, 5.41) is 4.76. The summed E-state index contributed by atoms with van der Waals surface area (Å²) in [6.07, 6.45) is 3.55. The molecule has 35 heavy (non-hydrogen) atoms. The molecular weight excluding hydrogens is 473 g/mol. The van der Waals surface area contributed by atoms with Crippen LogP contribution in [-0.4, -0.2) is 37.5 Å². The molecule has 1 aliphatic rings. The Morgan fingerprint density at radius 3 is 2.89 bits per heavy atom. The zero-order valence-corrected chi connectivity index (χ0v) is 19.8. The number of ether oxygens (including phenoxy) is 1. The van der Waals surface area contributed by atoms with Crippen molar-refractivity contribution in [3.8, 4) is 0 Å². The molecule has 5 rings (SSSR count). The molecule has 0 spiro atoms. The Morgan fingerprint density at radius 2 is 2.03 bits per heavy atom. The van der Waals surface area contributed by atoms with Crippen LogP contribution in [0.2, 0.25) is 5.02 Å². The number of carbonyl (C=O) groups is 1. The molecule has 1 saturated heterocycles. The van der Waals surface area contributed by atoms with Gasteiger partial charge in [-0.1, -0.05) is 28.9 Å². The second-order valence-corrected chi connectivity index (χ2v) is 9.05. The fraction of sp³-hybridized carbons (Fsp3) is 0.360. The van der Waals surface area contributed by atoms with E-state index in [0.29, 0.717) is 42.7 Å². The molecule has 2 aromatic carbocycles. The maximum atomic E-state index is 13.1. The molecule has 1 atom stereocenters. The van der Waals surface area contributed by atoms with Crippen LogP contribution >= 0.6 is 11.6 Å². The lowest BCUT2D eigenvalue weighted by Crippen LogP contribution is -2.39. The fourth-order valence-electron chi connectivity index (χ4n) is 4.32. The number of hydrogen-bond donors (Lipinski definition) is 1. The van der Waals surface area contributed by atoms with E-state index in [2.05, 4.69) is 20.1 Å². The average molecular weight is 498 g/mol. The molecule has 2 aromatic heterocycles. The molecular formula is C25H25ClFN5O3. The number of hydrogen-bond acceptors (Lipinski definition) is 6. The van der Waals surface area contributed by atoms with E-state index in [0.717, 1.165) is 41.7 Å². The normalized spacial score (nSPS) is 16.2. The van der Waals surface area contributed by atoms with Gasteiger partial charge in [-0.2, -0.15) is 4.98 Å². The number of fused-ring (bicyclic) bond motifs is 1. The zero-order valence-electron chi connectivity index (χ0n) is 19.0. The third kappa shape index (κ3) is 5.68. The van der Waals surface area contributed by atoms with E-state index in [1.807, 2.05) is 17.0 Å². The fourth-order valence-corrected chi connectivity index (χ4v) is 4.49. The van der Waals surface area contributed by atoms with Crippen molar-refractivity contribution in [3.05, 3.63) is 76.4 Å². The minimum absolute atomic E-state index is 0.0344. The van der Waals surface area contributed by atoms with Crippen molar-refractivity contribution in [3.63, 3.8) is 0 Å². The minimum atomic E-state index is -0.288. The summed E-state index contributed by atoms with van der Waals surface area (Å²) in [5.41, 5.74) is 2.54. The summed E-state index contributed by atoms with van der Waals surface area (Å²) in [6, 6.07) is 11.4. The molecule has 3 heterocycles. The van der Waals surface area contributed by atoms with Crippen molar-refractivity contribution >= 4 is 28.5 Å². The highest BCUT2D eigenvalue weighted by atomic mass is 35.5. The van der Waals surface area contributed by atoms with Crippen LogP contribution in [0, 0.1) is 5.82 Å². The van der Waals surface area contributed by atoms with Crippen LogP contribution in [0.4, 0.5) is 4.39 Å². The van der Waals surface area contributed by atoms with Gasteiger partial charge in [0.25, 0.3) is 5.89 Å². The summed E-state index contributed by atoms with van der Waals surface area (Å²) < 4.78 is 24.0. The van der Waals surface area contributed by atoms with E-state index in [4.69, 9.17) is 20.9 Å². The maximum absolute atomic E-state index is 13.1. The number of imidazole rings is 1. The van der Waals surface area contributed by atoms with Gasteiger partial charge in [0.05, 0.1) is 23.7 Å². The SMILES string of the molecule is O=C(CCc1nc2ccc(Cl)cc2[nH]1)N1CCCCC1c1noc(COCc2ccc(F)cc2)n1. The van der Waals surface area contributed by atoms with Crippen LogP contribution < -0.4 is 0 Å². The Bertz CT molecular complexity index is 1310. The molecule has 1 aliphatic heterocycles. The molecule has 1 fully saturated rings. The van der Waals surface area contributed by atoms with E-state index in [9.17, 15) is 9.18 Å². The largest absolute Gasteiger partial charge is 0.367 e. The van der Waals surface area contributed by atoms with Gasteiger partial charge in [-0.15, -0.1) is 0 Å². The first-order valence-electron chi connectivity index (χ1n) is 11.6. The number of aromatic amines is 1. The molecule has 0 radical (unpaired) electrons. The van der Waals surface area contributed by atoms with Gasteiger partial charge in [0.2, 0.25) is 5.91 Å². The number of nitrogens with zero attached hydrogens (tertiary/aromatic N) is 4. The number of rotatable bonds is 8. The van der Waals surface area contributed by atoms with E-state index < -0.39 is 0 Å². The van der Waals surface area contributed by atoms with Crippen LogP contribution in [0.25, 0.3) is 11.0 Å². The van der Waals surface area contributed by atoms with Gasteiger partial charge >= 0.3 is 0 Å². The van der Waals surface area contributed by atoms with Gasteiger partial charge in [0.15, 0.2) is 5.82 Å². The highest BCUT2D eigenvalue weighted by molar-refractivity contribution is 6.31. The van der Waals surface area contributed by atoms with Crippen molar-refractivity contribution in [1.82, 2.24) is 25.0 Å². The second kappa shape index (κ2) is 10.5. The van der Waals surface area contributed by atoms with Gasteiger partial charge in [-0.3, -0.25) is 4.79 Å². The van der Waals surface area contributed by atoms with Gasteiger partial charge in [0.1, 0.15) is 18.2 Å². The van der Waals surface area contributed by atoms with Crippen LogP contribution in [0.3, 0.4) is 0 Å². The minimum Gasteiger partial charge on any atom is -0.367 e. The lowest BCUT2D eigenvalue weighted by molar-refractivity contribution is -0.135. The first kappa shape index (κ1) is 23.4. The lowest BCUT2D eigenvalue weighted by atomic mass is 10.0. The molecule has 0 saturated carbocycles. The first-order chi connectivity index (χ1) is 17.0. The number of aromatic nitrogens is 4.